The Hall–Kier alpha value is -5.84. The summed E-state index contributed by atoms with van der Waals surface area (Å²) in [4.78, 5) is 79.7. The van der Waals surface area contributed by atoms with Crippen molar-refractivity contribution in [2.24, 2.45) is 0 Å². The molecule has 0 radical (unpaired) electrons. The number of amides is 5. The molecule has 2 aliphatic rings. The Morgan fingerprint density at radius 2 is 1.66 bits per heavy atom. The second-order valence-electron chi connectivity index (χ2n) is 12.7. The van der Waals surface area contributed by atoms with Gasteiger partial charge in [0.25, 0.3) is 0 Å². The predicted molar refractivity (Wildman–Crippen MR) is 191 cm³/mol. The second-order valence-corrected chi connectivity index (χ2v) is 12.7. The number of ether oxygens (including phenoxy) is 2. The van der Waals surface area contributed by atoms with Gasteiger partial charge in [0.05, 0.1) is 25.4 Å². The fourth-order valence-electron chi connectivity index (χ4n) is 5.37. The van der Waals surface area contributed by atoms with Crippen molar-refractivity contribution >= 4 is 35.5 Å². The Morgan fingerprint density at radius 3 is 2.34 bits per heavy atom. The van der Waals surface area contributed by atoms with Crippen LogP contribution in [-0.4, -0.2) is 108 Å². The lowest BCUT2D eigenvalue weighted by atomic mass is 10.0. The zero-order chi connectivity index (χ0) is 38.5. The number of esters is 1. The Balaban J connectivity index is 1.67. The van der Waals surface area contributed by atoms with E-state index in [1.165, 1.54) is 21.0 Å². The van der Waals surface area contributed by atoms with Crippen LogP contribution in [-0.2, 0) is 59.3 Å². The van der Waals surface area contributed by atoms with Crippen LogP contribution in [0.3, 0.4) is 0 Å². The van der Waals surface area contributed by atoms with Gasteiger partial charge in [-0.25, -0.2) is 9.48 Å². The number of hydrogen-bond donors (Lipinski definition) is 6. The van der Waals surface area contributed by atoms with Crippen molar-refractivity contribution in [1.82, 2.24) is 46.9 Å². The van der Waals surface area contributed by atoms with E-state index >= 15 is 0 Å². The highest BCUT2D eigenvalue weighted by Gasteiger charge is 2.32. The van der Waals surface area contributed by atoms with Gasteiger partial charge in [0.1, 0.15) is 42.6 Å². The summed E-state index contributed by atoms with van der Waals surface area (Å²) in [5, 5.41) is 24.5. The van der Waals surface area contributed by atoms with Crippen molar-refractivity contribution in [3.8, 4) is 5.75 Å². The van der Waals surface area contributed by atoms with Crippen LogP contribution in [0.25, 0.3) is 0 Å². The summed E-state index contributed by atoms with van der Waals surface area (Å²) in [6.07, 6.45) is 1.70. The number of carbonyl (C=O) groups is 6. The maximum absolute atomic E-state index is 14.0. The van der Waals surface area contributed by atoms with Crippen molar-refractivity contribution in [2.45, 2.75) is 82.8 Å². The van der Waals surface area contributed by atoms with Crippen LogP contribution in [0.15, 0.2) is 60.8 Å². The molecule has 5 rings (SSSR count). The molecule has 6 N–H and O–H groups in total. The van der Waals surface area contributed by atoms with Gasteiger partial charge in [0, 0.05) is 25.5 Å². The van der Waals surface area contributed by atoms with Crippen LogP contribution in [0.4, 0.5) is 0 Å². The zero-order valence-corrected chi connectivity index (χ0v) is 30.4. The summed E-state index contributed by atoms with van der Waals surface area (Å²) in [6, 6.07) is 9.64. The van der Waals surface area contributed by atoms with E-state index in [2.05, 4.69) is 42.2 Å². The Bertz CT molecular complexity index is 1730. The smallest absolute Gasteiger partial charge is 0.328 e. The highest BCUT2D eigenvalue weighted by atomic mass is 16.5. The van der Waals surface area contributed by atoms with E-state index < -0.39 is 71.8 Å². The summed E-state index contributed by atoms with van der Waals surface area (Å²) < 4.78 is 12.2. The average molecular weight is 734 g/mol. The molecule has 1 aromatic heterocycles. The normalized spacial score (nSPS) is 21.2. The largest absolute Gasteiger partial charge is 0.492 e. The van der Waals surface area contributed by atoms with Crippen LogP contribution in [0, 0.1) is 0 Å². The lowest BCUT2D eigenvalue weighted by Gasteiger charge is -2.26. The first-order valence-electron chi connectivity index (χ1n) is 17.3. The number of benzene rings is 2. The number of nitrogens with zero attached hydrogens (tertiary/aromatic N) is 3. The minimum atomic E-state index is -1.19. The van der Waals surface area contributed by atoms with E-state index in [0.717, 1.165) is 5.56 Å². The molecule has 3 aromatic rings. The Kier molecular flexibility index (Phi) is 14.4. The summed E-state index contributed by atoms with van der Waals surface area (Å²) >= 11 is 0. The van der Waals surface area contributed by atoms with Gasteiger partial charge in [-0.1, -0.05) is 47.7 Å². The molecular weight excluding hydrogens is 686 g/mol. The highest BCUT2D eigenvalue weighted by Crippen LogP contribution is 2.15. The molecule has 0 fully saturated rings. The van der Waals surface area contributed by atoms with Gasteiger partial charge in [-0.2, -0.15) is 0 Å². The van der Waals surface area contributed by atoms with Gasteiger partial charge in [-0.05, 0) is 51.1 Å². The summed E-state index contributed by atoms with van der Waals surface area (Å²) in [5.74, 6) is -3.25. The first kappa shape index (κ1) is 39.9. The molecule has 0 spiro atoms. The molecule has 3 heterocycles. The van der Waals surface area contributed by atoms with E-state index in [4.69, 9.17) is 9.47 Å². The summed E-state index contributed by atoms with van der Waals surface area (Å²) in [5.41, 5.74) is 1.82. The van der Waals surface area contributed by atoms with E-state index in [9.17, 15) is 28.8 Å². The fourth-order valence-corrected chi connectivity index (χ4v) is 5.37. The van der Waals surface area contributed by atoms with Crippen molar-refractivity contribution in [3.63, 3.8) is 0 Å². The average Bonchev–Trinajstić information content (AvgIpc) is 3.60. The quantitative estimate of drug-likeness (QED) is 0.121. The third-order valence-corrected chi connectivity index (χ3v) is 8.63. The maximum atomic E-state index is 14.0. The number of hydrogen-bond acceptors (Lipinski definition) is 11. The maximum Gasteiger partial charge on any atom is 0.328 e. The number of rotatable bonds is 8. The monoisotopic (exact) mass is 733 g/mol. The van der Waals surface area contributed by atoms with Crippen LogP contribution in [0.1, 0.15) is 37.6 Å². The van der Waals surface area contributed by atoms with Gasteiger partial charge in [0.2, 0.25) is 29.5 Å². The molecular formula is C36H47N9O8. The van der Waals surface area contributed by atoms with Gasteiger partial charge in [0.15, 0.2) is 0 Å². The number of carbonyl (C=O) groups excluding carboxylic acids is 6. The lowest BCUT2D eigenvalue weighted by molar-refractivity contribution is -0.144. The molecule has 284 valence electrons. The molecule has 17 nitrogen and oxygen atoms in total. The van der Waals surface area contributed by atoms with Gasteiger partial charge < -0.3 is 41.4 Å². The molecule has 5 amide bonds. The van der Waals surface area contributed by atoms with Crippen LogP contribution in [0.2, 0.25) is 0 Å². The van der Waals surface area contributed by atoms with Crippen LogP contribution < -0.4 is 36.6 Å². The number of nitrogens with one attached hydrogen (secondary N) is 6. The van der Waals surface area contributed by atoms with Gasteiger partial charge in [-0.15, -0.1) is 5.10 Å². The topological polar surface area (TPSA) is 224 Å². The molecule has 0 aliphatic carbocycles. The molecule has 4 bridgehead atoms. The molecule has 0 saturated heterocycles. The standard InChI is InChI=1S/C36H47N9O8/c1-21(37-4)31(46)41-30-19-26-20-45(44-43-26)15-16-53-27-13-11-25(12-14-27)18-28(33(48)39-23(3)36(51)52-5)42-35(50)29(17-24-9-7-6-8-10-24)40-32(47)22(2)38-34(30)49/h6-14,20-23,28-30,37H,15-19H2,1-5H3,(H,38,49)(H,39,48)(H,40,47)(H,41,46)(H,42,50). The van der Waals surface area contributed by atoms with E-state index in [0.29, 0.717) is 23.6 Å². The summed E-state index contributed by atoms with van der Waals surface area (Å²) in [6.45, 7) is 5.09. The van der Waals surface area contributed by atoms with Crippen molar-refractivity contribution < 1.29 is 38.2 Å². The first-order valence-corrected chi connectivity index (χ1v) is 17.3. The van der Waals surface area contributed by atoms with E-state index in [1.54, 1.807) is 73.4 Å². The molecule has 2 aliphatic heterocycles. The van der Waals surface area contributed by atoms with Crippen molar-refractivity contribution in [2.75, 3.05) is 20.8 Å². The Labute approximate surface area is 307 Å². The van der Waals surface area contributed by atoms with Gasteiger partial charge >= 0.3 is 5.97 Å². The first-order chi connectivity index (χ1) is 25.4. The molecule has 53 heavy (non-hydrogen) atoms. The summed E-state index contributed by atoms with van der Waals surface area (Å²) in [7, 11) is 2.81. The van der Waals surface area contributed by atoms with E-state index in [1.807, 2.05) is 6.07 Å². The van der Waals surface area contributed by atoms with Crippen molar-refractivity contribution in [1.29, 1.82) is 0 Å². The molecule has 17 heteroatoms. The SMILES string of the molecule is CNC(C)C(=O)NC1Cc2cn(nn2)CCOc2ccc(cc2)CC(C(=O)NC(C)C(=O)OC)NC(=O)C(Cc2ccccc2)NC(=O)C(C)NC1=O. The van der Waals surface area contributed by atoms with Crippen LogP contribution >= 0.6 is 0 Å². The number of aromatic nitrogens is 3. The number of methoxy groups -OCH3 is 1. The third kappa shape index (κ3) is 11.8. The highest BCUT2D eigenvalue weighted by molar-refractivity contribution is 5.96. The zero-order valence-electron chi connectivity index (χ0n) is 30.4. The predicted octanol–water partition coefficient (Wildman–Crippen LogP) is -1.06. The van der Waals surface area contributed by atoms with E-state index in [-0.39, 0.29) is 25.9 Å². The molecule has 2 aromatic carbocycles. The lowest BCUT2D eigenvalue weighted by Crippen LogP contribution is -2.59. The fraction of sp³-hybridized carbons (Fsp3) is 0.444. The number of fused-ring (bicyclic) bond motifs is 15. The van der Waals surface area contributed by atoms with Crippen molar-refractivity contribution in [3.05, 3.63) is 77.6 Å². The van der Waals surface area contributed by atoms with Gasteiger partial charge in [-0.3, -0.25) is 24.0 Å². The molecule has 0 saturated carbocycles. The minimum Gasteiger partial charge on any atom is -0.492 e. The van der Waals surface area contributed by atoms with Crippen LogP contribution in [0.5, 0.6) is 5.75 Å². The number of likely N-dealkylation sites (N-methyl/N-ethyl adjacent to an activating group) is 1. The minimum absolute atomic E-state index is 0.0260. The Morgan fingerprint density at radius 1 is 0.943 bits per heavy atom. The second kappa shape index (κ2) is 19.1. The third-order valence-electron chi connectivity index (χ3n) is 8.63. The molecule has 6 unspecified atom stereocenters. The molecule has 6 atom stereocenters.